The number of halogens is 1. The van der Waals surface area contributed by atoms with Crippen LogP contribution in [0.4, 0.5) is 0 Å². The van der Waals surface area contributed by atoms with Crippen molar-refractivity contribution in [3.63, 3.8) is 0 Å². The van der Waals surface area contributed by atoms with E-state index in [0.717, 1.165) is 11.0 Å². The molecule has 1 atom stereocenters. The molecule has 96 valence electrons. The van der Waals surface area contributed by atoms with Crippen LogP contribution in [0.1, 0.15) is 6.92 Å². The molecule has 0 saturated heterocycles. The smallest absolute Gasteiger partial charge is 0.330 e. The van der Waals surface area contributed by atoms with E-state index in [9.17, 15) is 4.79 Å². The summed E-state index contributed by atoms with van der Waals surface area (Å²) < 4.78 is 5.75. The zero-order valence-electron chi connectivity index (χ0n) is 10.9. The maximum atomic E-state index is 10.8. The first-order valence-electron chi connectivity index (χ1n) is 5.09. The van der Waals surface area contributed by atoms with E-state index in [4.69, 9.17) is 4.74 Å². The third kappa shape index (κ3) is 6.10. The lowest BCUT2D eigenvalue weighted by molar-refractivity contribution is -0.924. The zero-order valence-corrected chi connectivity index (χ0v) is 11.6. The number of carbonyl (C=O) groups excluding carboxylic acids is 1. The van der Waals surface area contributed by atoms with Gasteiger partial charge in [-0.2, -0.15) is 0 Å². The van der Waals surface area contributed by atoms with Gasteiger partial charge in [0.15, 0.2) is 0 Å². The molecule has 0 bridgehead atoms. The van der Waals surface area contributed by atoms with Crippen molar-refractivity contribution in [3.05, 3.63) is 12.7 Å². The first kappa shape index (κ1) is 17.8. The van der Waals surface area contributed by atoms with E-state index >= 15 is 0 Å². The van der Waals surface area contributed by atoms with Gasteiger partial charge in [0.05, 0.1) is 14.1 Å². The van der Waals surface area contributed by atoms with Gasteiger partial charge < -0.3 is 21.6 Å². The average Bonchev–Trinajstić information content (AvgIpc) is 2.15. The van der Waals surface area contributed by atoms with E-state index in [1.165, 1.54) is 6.08 Å². The minimum absolute atomic E-state index is 0. The summed E-state index contributed by atoms with van der Waals surface area (Å²) in [5.74, 6) is -0.354. The quantitative estimate of drug-likeness (QED) is 0.230. The van der Waals surface area contributed by atoms with Gasteiger partial charge in [-0.1, -0.05) is 6.58 Å². The summed E-state index contributed by atoms with van der Waals surface area (Å²) in [5, 5.41) is 0. The fourth-order valence-corrected chi connectivity index (χ4v) is 1.25. The Labute approximate surface area is 105 Å². The zero-order chi connectivity index (χ0) is 12.1. The van der Waals surface area contributed by atoms with E-state index in [1.807, 2.05) is 14.1 Å². The predicted molar refractivity (Wildman–Crippen MR) is 61.3 cm³/mol. The summed E-state index contributed by atoms with van der Waals surface area (Å²) in [6, 6.07) is 0. The van der Waals surface area contributed by atoms with Crippen LogP contribution < -0.4 is 12.4 Å². The van der Waals surface area contributed by atoms with Crippen LogP contribution in [0.2, 0.25) is 0 Å². The lowest BCUT2D eigenvalue weighted by Gasteiger charge is -2.39. The van der Waals surface area contributed by atoms with Gasteiger partial charge in [0.2, 0.25) is 0 Å². The van der Waals surface area contributed by atoms with Gasteiger partial charge in [0.1, 0.15) is 19.3 Å². The van der Waals surface area contributed by atoms with Crippen molar-refractivity contribution in [3.8, 4) is 0 Å². The first-order chi connectivity index (χ1) is 6.81. The third-order valence-electron chi connectivity index (χ3n) is 2.84. The number of likely N-dealkylation sites (N-methyl/N-ethyl adjacent to an activating group) is 1. The summed E-state index contributed by atoms with van der Waals surface area (Å²) in [6.07, 6.45) is 1.57. The summed E-state index contributed by atoms with van der Waals surface area (Å²) in [6.45, 7) is 6.72. The van der Waals surface area contributed by atoms with Gasteiger partial charge in [0.25, 0.3) is 0 Å². The molecule has 0 aliphatic heterocycles. The number of nitrogens with zero attached hydrogens (tertiary/aromatic N) is 2. The van der Waals surface area contributed by atoms with Crippen molar-refractivity contribution in [2.45, 2.75) is 13.1 Å². The fourth-order valence-electron chi connectivity index (χ4n) is 1.25. The van der Waals surface area contributed by atoms with E-state index < -0.39 is 0 Å². The van der Waals surface area contributed by atoms with Crippen molar-refractivity contribution < 1.29 is 26.4 Å². The molecule has 0 aromatic carbocycles. The Morgan fingerprint density at radius 2 is 2.00 bits per heavy atom. The molecule has 0 saturated carbocycles. The van der Waals surface area contributed by atoms with Crippen LogP contribution in [-0.2, 0) is 9.53 Å². The molecule has 1 unspecified atom stereocenters. The molecule has 0 aromatic heterocycles. The van der Waals surface area contributed by atoms with Gasteiger partial charge in [-0.15, -0.1) is 0 Å². The molecule has 0 amide bonds. The van der Waals surface area contributed by atoms with Gasteiger partial charge >= 0.3 is 5.97 Å². The SMILES string of the molecule is C=CC(=O)OCC[N+](C)(C)C(C)N(C)C.[Cl-]. The molecular weight excluding hydrogens is 228 g/mol. The summed E-state index contributed by atoms with van der Waals surface area (Å²) in [7, 11) is 8.32. The van der Waals surface area contributed by atoms with Crippen molar-refractivity contribution in [1.82, 2.24) is 4.90 Å². The van der Waals surface area contributed by atoms with Crippen LogP contribution >= 0.6 is 0 Å². The van der Waals surface area contributed by atoms with Crippen molar-refractivity contribution >= 4 is 5.97 Å². The Bertz CT molecular complexity index is 230. The largest absolute Gasteiger partial charge is 1.00 e. The monoisotopic (exact) mass is 250 g/mol. The van der Waals surface area contributed by atoms with E-state index in [0.29, 0.717) is 12.8 Å². The molecule has 16 heavy (non-hydrogen) atoms. The number of esters is 1. The van der Waals surface area contributed by atoms with Crippen molar-refractivity contribution in [2.75, 3.05) is 41.3 Å². The molecule has 5 heteroatoms. The van der Waals surface area contributed by atoms with Crippen LogP contribution in [0.3, 0.4) is 0 Å². The highest BCUT2D eigenvalue weighted by Crippen LogP contribution is 2.07. The number of hydrogen-bond acceptors (Lipinski definition) is 3. The van der Waals surface area contributed by atoms with Crippen molar-refractivity contribution in [1.29, 1.82) is 0 Å². The van der Waals surface area contributed by atoms with Crippen LogP contribution in [0.5, 0.6) is 0 Å². The highest BCUT2D eigenvalue weighted by Gasteiger charge is 2.25. The van der Waals surface area contributed by atoms with E-state index in [1.54, 1.807) is 0 Å². The minimum atomic E-state index is -0.354. The van der Waals surface area contributed by atoms with Crippen LogP contribution in [0.15, 0.2) is 12.7 Å². The van der Waals surface area contributed by atoms with E-state index in [-0.39, 0.29) is 18.4 Å². The second-order valence-electron chi connectivity index (χ2n) is 4.47. The fraction of sp³-hybridized carbons (Fsp3) is 0.727. The lowest BCUT2D eigenvalue weighted by Crippen LogP contribution is -3.00. The number of quaternary nitrogens is 1. The Kier molecular flexibility index (Phi) is 8.52. The Morgan fingerprint density at radius 1 is 1.50 bits per heavy atom. The maximum Gasteiger partial charge on any atom is 0.330 e. The van der Waals surface area contributed by atoms with Crippen LogP contribution in [-0.4, -0.2) is 62.9 Å². The average molecular weight is 251 g/mol. The number of hydrogen-bond donors (Lipinski definition) is 0. The molecule has 0 aliphatic rings. The number of carbonyl (C=O) groups is 1. The summed E-state index contributed by atoms with van der Waals surface area (Å²) in [5.41, 5.74) is 0. The number of ether oxygens (including phenoxy) is 1. The standard InChI is InChI=1S/C11H23N2O2.ClH/c1-7-11(14)15-9-8-13(5,6)10(2)12(3)4;/h7,10H,1,8-9H2,2-6H3;1H/q+1;/p-1. The van der Waals surface area contributed by atoms with Gasteiger partial charge in [-0.05, 0) is 14.1 Å². The molecule has 4 nitrogen and oxygen atoms in total. The minimum Gasteiger partial charge on any atom is -1.00 e. The van der Waals surface area contributed by atoms with Crippen LogP contribution in [0, 0.1) is 0 Å². The van der Waals surface area contributed by atoms with Gasteiger partial charge in [0, 0.05) is 13.0 Å². The molecule has 0 heterocycles. The molecule has 0 rings (SSSR count). The first-order valence-corrected chi connectivity index (χ1v) is 5.09. The normalized spacial score (nSPS) is 12.9. The molecule has 0 aromatic rings. The molecule has 0 radical (unpaired) electrons. The van der Waals surface area contributed by atoms with E-state index in [2.05, 4.69) is 32.5 Å². The molecule has 0 spiro atoms. The Hall–Kier alpha value is -0.580. The predicted octanol–water partition coefficient (Wildman–Crippen LogP) is -2.30. The molecule has 0 aliphatic carbocycles. The number of rotatable bonds is 6. The van der Waals surface area contributed by atoms with Crippen LogP contribution in [0.25, 0.3) is 0 Å². The Morgan fingerprint density at radius 3 is 2.38 bits per heavy atom. The molecule has 0 fully saturated rings. The summed E-state index contributed by atoms with van der Waals surface area (Å²) >= 11 is 0. The topological polar surface area (TPSA) is 29.5 Å². The van der Waals surface area contributed by atoms with Gasteiger partial charge in [-0.3, -0.25) is 4.90 Å². The van der Waals surface area contributed by atoms with Gasteiger partial charge in [-0.25, -0.2) is 4.79 Å². The molecular formula is C11H23ClN2O2. The third-order valence-corrected chi connectivity index (χ3v) is 2.84. The second-order valence-corrected chi connectivity index (χ2v) is 4.47. The maximum absolute atomic E-state index is 10.8. The van der Waals surface area contributed by atoms with Crippen molar-refractivity contribution in [2.24, 2.45) is 0 Å². The lowest BCUT2D eigenvalue weighted by atomic mass is 10.3. The molecule has 0 N–H and O–H groups in total. The highest BCUT2D eigenvalue weighted by molar-refractivity contribution is 5.81. The summed E-state index contributed by atoms with van der Waals surface area (Å²) in [4.78, 5) is 13.0. The second kappa shape index (κ2) is 7.65. The Balaban J connectivity index is 0. The highest BCUT2D eigenvalue weighted by atomic mass is 35.5.